The van der Waals surface area contributed by atoms with E-state index in [2.05, 4.69) is 15.1 Å². The van der Waals surface area contributed by atoms with E-state index in [1.807, 2.05) is 26.2 Å². The summed E-state index contributed by atoms with van der Waals surface area (Å²) >= 11 is 0. The smallest absolute Gasteiger partial charge is 0.180 e. The first-order valence-corrected chi connectivity index (χ1v) is 5.09. The predicted molar refractivity (Wildman–Crippen MR) is 59.6 cm³/mol. The first-order valence-electron chi connectivity index (χ1n) is 5.09. The molecule has 16 heavy (non-hydrogen) atoms. The van der Waals surface area contributed by atoms with Gasteiger partial charge in [0.25, 0.3) is 0 Å². The molecule has 1 atom stereocenters. The molecule has 0 bridgehead atoms. The Morgan fingerprint density at radius 2 is 2.19 bits per heavy atom. The average Bonchev–Trinajstić information content (AvgIpc) is 2.64. The predicted octanol–water partition coefficient (Wildman–Crippen LogP) is 1.24. The lowest BCUT2D eigenvalue weighted by Crippen LogP contribution is -2.01. The summed E-state index contributed by atoms with van der Waals surface area (Å²) in [5, 5.41) is 13.7. The lowest BCUT2D eigenvalue weighted by Gasteiger charge is -2.07. The second-order valence-electron chi connectivity index (χ2n) is 3.78. The van der Waals surface area contributed by atoms with Crippen molar-refractivity contribution in [3.05, 3.63) is 29.7 Å². The van der Waals surface area contributed by atoms with Crippen LogP contribution in [0.3, 0.4) is 0 Å². The fraction of sp³-hybridized carbons (Fsp3) is 0.364. The van der Waals surface area contributed by atoms with Gasteiger partial charge in [-0.3, -0.25) is 4.68 Å². The molecule has 2 aromatic rings. The zero-order chi connectivity index (χ0) is 11.7. The van der Waals surface area contributed by atoms with E-state index < -0.39 is 6.10 Å². The zero-order valence-electron chi connectivity index (χ0n) is 9.55. The molecule has 0 saturated carbocycles. The van der Waals surface area contributed by atoms with Crippen LogP contribution in [0.25, 0.3) is 11.5 Å². The number of rotatable bonds is 2. The summed E-state index contributed by atoms with van der Waals surface area (Å²) in [5.41, 5.74) is 2.27. The normalized spacial score (nSPS) is 12.8. The van der Waals surface area contributed by atoms with Crippen LogP contribution in [0.1, 0.15) is 24.3 Å². The SMILES string of the molecule is Cc1nc(-c2ccn(C)n2)ncc1[C@H](C)O. The van der Waals surface area contributed by atoms with Gasteiger partial charge < -0.3 is 5.11 Å². The van der Waals surface area contributed by atoms with Gasteiger partial charge >= 0.3 is 0 Å². The maximum Gasteiger partial charge on any atom is 0.180 e. The summed E-state index contributed by atoms with van der Waals surface area (Å²) in [6.07, 6.45) is 2.95. The first-order chi connectivity index (χ1) is 7.58. The summed E-state index contributed by atoms with van der Waals surface area (Å²) in [6.45, 7) is 3.56. The molecule has 5 nitrogen and oxygen atoms in total. The van der Waals surface area contributed by atoms with Crippen LogP contribution in [0.5, 0.6) is 0 Å². The van der Waals surface area contributed by atoms with Gasteiger partial charge in [-0.05, 0) is 19.9 Å². The highest BCUT2D eigenvalue weighted by Crippen LogP contribution is 2.18. The minimum atomic E-state index is -0.544. The molecule has 5 heteroatoms. The lowest BCUT2D eigenvalue weighted by atomic mass is 10.1. The van der Waals surface area contributed by atoms with Crippen molar-refractivity contribution in [1.29, 1.82) is 0 Å². The van der Waals surface area contributed by atoms with E-state index in [-0.39, 0.29) is 0 Å². The van der Waals surface area contributed by atoms with Crippen LogP contribution in [-0.2, 0) is 7.05 Å². The maximum absolute atomic E-state index is 9.47. The summed E-state index contributed by atoms with van der Waals surface area (Å²) < 4.78 is 1.70. The molecular weight excluding hydrogens is 204 g/mol. The fourth-order valence-corrected chi connectivity index (χ4v) is 1.54. The van der Waals surface area contributed by atoms with Gasteiger partial charge in [0.15, 0.2) is 5.82 Å². The number of aliphatic hydroxyl groups excluding tert-OH is 1. The van der Waals surface area contributed by atoms with Crippen molar-refractivity contribution in [1.82, 2.24) is 19.7 Å². The molecule has 84 valence electrons. The zero-order valence-corrected chi connectivity index (χ0v) is 9.55. The molecule has 0 amide bonds. The van der Waals surface area contributed by atoms with Gasteiger partial charge in [-0.15, -0.1) is 0 Å². The van der Waals surface area contributed by atoms with E-state index in [0.29, 0.717) is 5.82 Å². The van der Waals surface area contributed by atoms with Gasteiger partial charge in [0.05, 0.1) is 6.10 Å². The molecule has 0 aliphatic rings. The molecule has 0 spiro atoms. The second kappa shape index (κ2) is 4.02. The minimum absolute atomic E-state index is 0.544. The number of aryl methyl sites for hydroxylation is 2. The second-order valence-corrected chi connectivity index (χ2v) is 3.78. The number of aliphatic hydroxyl groups is 1. The number of hydrogen-bond acceptors (Lipinski definition) is 4. The molecule has 0 aromatic carbocycles. The monoisotopic (exact) mass is 218 g/mol. The highest BCUT2D eigenvalue weighted by atomic mass is 16.3. The van der Waals surface area contributed by atoms with Crippen LogP contribution in [0.2, 0.25) is 0 Å². The molecule has 0 radical (unpaired) electrons. The summed E-state index contributed by atoms with van der Waals surface area (Å²) in [4.78, 5) is 8.53. The molecule has 1 N–H and O–H groups in total. The molecule has 0 aliphatic carbocycles. The van der Waals surface area contributed by atoms with Crippen LogP contribution >= 0.6 is 0 Å². The third kappa shape index (κ3) is 1.94. The van der Waals surface area contributed by atoms with Crippen molar-refractivity contribution >= 4 is 0 Å². The quantitative estimate of drug-likeness (QED) is 0.823. The van der Waals surface area contributed by atoms with E-state index in [9.17, 15) is 5.11 Å². The topological polar surface area (TPSA) is 63.8 Å². The standard InChI is InChI=1S/C11H14N4O/c1-7-9(8(2)16)6-12-11(13-7)10-4-5-15(3)14-10/h4-6,8,16H,1-3H3/t8-/m0/s1. The van der Waals surface area contributed by atoms with Crippen LogP contribution in [0, 0.1) is 6.92 Å². The summed E-state index contributed by atoms with van der Waals surface area (Å²) in [7, 11) is 1.85. The molecule has 0 fully saturated rings. The molecule has 2 rings (SSSR count). The molecule has 0 saturated heterocycles. The molecule has 2 heterocycles. The van der Waals surface area contributed by atoms with Gasteiger partial charge in [0.1, 0.15) is 5.69 Å². The molecule has 2 aromatic heterocycles. The van der Waals surface area contributed by atoms with Gasteiger partial charge in [0, 0.05) is 30.7 Å². The Bertz CT molecular complexity index is 504. The molecule has 0 aliphatic heterocycles. The van der Waals surface area contributed by atoms with Crippen molar-refractivity contribution in [3.8, 4) is 11.5 Å². The first kappa shape index (κ1) is 10.8. The largest absolute Gasteiger partial charge is 0.389 e. The van der Waals surface area contributed by atoms with Gasteiger partial charge in [-0.2, -0.15) is 5.10 Å². The van der Waals surface area contributed by atoms with Crippen LogP contribution in [0.4, 0.5) is 0 Å². The fourth-order valence-electron chi connectivity index (χ4n) is 1.54. The Balaban J connectivity index is 2.42. The van der Waals surface area contributed by atoms with E-state index in [0.717, 1.165) is 17.0 Å². The Hall–Kier alpha value is -1.75. The summed E-state index contributed by atoms with van der Waals surface area (Å²) in [6, 6.07) is 1.86. The Labute approximate surface area is 93.8 Å². The van der Waals surface area contributed by atoms with E-state index in [1.54, 1.807) is 17.8 Å². The van der Waals surface area contributed by atoms with Crippen LogP contribution in [0.15, 0.2) is 18.5 Å². The Kier molecular flexibility index (Phi) is 2.70. The van der Waals surface area contributed by atoms with Crippen molar-refractivity contribution in [2.24, 2.45) is 7.05 Å². The lowest BCUT2D eigenvalue weighted by molar-refractivity contribution is 0.197. The molecular formula is C11H14N4O. The number of nitrogens with zero attached hydrogens (tertiary/aromatic N) is 4. The van der Waals surface area contributed by atoms with Gasteiger partial charge in [-0.1, -0.05) is 0 Å². The van der Waals surface area contributed by atoms with Crippen LogP contribution < -0.4 is 0 Å². The van der Waals surface area contributed by atoms with Crippen LogP contribution in [-0.4, -0.2) is 24.9 Å². The van der Waals surface area contributed by atoms with E-state index >= 15 is 0 Å². The Morgan fingerprint density at radius 1 is 1.44 bits per heavy atom. The minimum Gasteiger partial charge on any atom is -0.389 e. The highest BCUT2D eigenvalue weighted by Gasteiger charge is 2.10. The van der Waals surface area contributed by atoms with E-state index in [1.165, 1.54) is 0 Å². The Morgan fingerprint density at radius 3 is 2.69 bits per heavy atom. The van der Waals surface area contributed by atoms with Crippen molar-refractivity contribution < 1.29 is 5.11 Å². The third-order valence-corrected chi connectivity index (χ3v) is 2.41. The molecule has 0 unspecified atom stereocenters. The summed E-state index contributed by atoms with van der Waals surface area (Å²) in [5.74, 6) is 0.586. The van der Waals surface area contributed by atoms with Gasteiger partial charge in [0.2, 0.25) is 0 Å². The van der Waals surface area contributed by atoms with Crippen molar-refractivity contribution in [3.63, 3.8) is 0 Å². The number of aromatic nitrogens is 4. The third-order valence-electron chi connectivity index (χ3n) is 2.41. The van der Waals surface area contributed by atoms with Gasteiger partial charge in [-0.25, -0.2) is 9.97 Å². The highest BCUT2D eigenvalue weighted by molar-refractivity contribution is 5.48. The van der Waals surface area contributed by atoms with Crippen molar-refractivity contribution in [2.45, 2.75) is 20.0 Å². The average molecular weight is 218 g/mol. The number of hydrogen-bond donors (Lipinski definition) is 1. The van der Waals surface area contributed by atoms with Crippen molar-refractivity contribution in [2.75, 3.05) is 0 Å². The maximum atomic E-state index is 9.47. The van der Waals surface area contributed by atoms with E-state index in [4.69, 9.17) is 0 Å².